The maximum absolute atomic E-state index is 12.9. The van der Waals surface area contributed by atoms with Crippen LogP contribution in [0.15, 0.2) is 23.7 Å². The summed E-state index contributed by atoms with van der Waals surface area (Å²) < 4.78 is 29.5. The van der Waals surface area contributed by atoms with Crippen molar-refractivity contribution in [2.24, 2.45) is 13.0 Å². The summed E-state index contributed by atoms with van der Waals surface area (Å²) in [6.07, 6.45) is 9.11. The number of hydrogen-bond donors (Lipinski definition) is 0. The molecular weight excluding hydrogens is 374 g/mol. The molecule has 0 spiro atoms. The standard InChI is InChI=1S/C20H35N5O2S/c1-6-7-10-25-19(16-23(4)14-18-12-22-24(5)15-18)13-21-20(25)28(26,27)11-8-9-17(2)3/h12-13,15,17H,6-11,14,16H2,1-5H3. The highest BCUT2D eigenvalue weighted by Gasteiger charge is 2.23. The first-order valence-corrected chi connectivity index (χ1v) is 11.8. The number of rotatable bonds is 12. The van der Waals surface area contributed by atoms with Crippen LogP contribution in [0.1, 0.15) is 57.7 Å². The number of imidazole rings is 1. The van der Waals surface area contributed by atoms with Crippen LogP contribution in [0.5, 0.6) is 0 Å². The lowest BCUT2D eigenvalue weighted by molar-refractivity contribution is 0.307. The predicted molar refractivity (Wildman–Crippen MR) is 112 cm³/mol. The molecule has 158 valence electrons. The van der Waals surface area contributed by atoms with Gasteiger partial charge in [0.2, 0.25) is 15.0 Å². The summed E-state index contributed by atoms with van der Waals surface area (Å²) in [5, 5.41) is 4.44. The van der Waals surface area contributed by atoms with Gasteiger partial charge in [0, 0.05) is 38.4 Å². The number of aromatic nitrogens is 4. The molecule has 8 heteroatoms. The van der Waals surface area contributed by atoms with Crippen molar-refractivity contribution in [3.63, 3.8) is 0 Å². The van der Waals surface area contributed by atoms with Crippen LogP contribution >= 0.6 is 0 Å². The summed E-state index contributed by atoms with van der Waals surface area (Å²) in [6, 6.07) is 0. The van der Waals surface area contributed by atoms with E-state index in [0.29, 0.717) is 25.4 Å². The van der Waals surface area contributed by atoms with Gasteiger partial charge >= 0.3 is 0 Å². The Morgan fingerprint density at radius 3 is 2.54 bits per heavy atom. The molecule has 0 amide bonds. The Hall–Kier alpha value is -1.67. The third-order valence-electron chi connectivity index (χ3n) is 4.75. The van der Waals surface area contributed by atoms with Gasteiger partial charge in [0.15, 0.2) is 0 Å². The third kappa shape index (κ3) is 6.44. The molecule has 2 aromatic rings. The highest BCUT2D eigenvalue weighted by atomic mass is 32.2. The summed E-state index contributed by atoms with van der Waals surface area (Å²) in [6.45, 7) is 8.43. The van der Waals surface area contributed by atoms with Crippen LogP contribution in [-0.2, 0) is 36.5 Å². The Morgan fingerprint density at radius 2 is 1.93 bits per heavy atom. The molecule has 0 radical (unpaired) electrons. The van der Waals surface area contributed by atoms with E-state index < -0.39 is 9.84 Å². The van der Waals surface area contributed by atoms with Crippen LogP contribution in [0, 0.1) is 5.92 Å². The largest absolute Gasteiger partial charge is 0.318 e. The summed E-state index contributed by atoms with van der Waals surface area (Å²) in [5.74, 6) is 0.672. The molecule has 0 saturated heterocycles. The highest BCUT2D eigenvalue weighted by molar-refractivity contribution is 7.91. The second kappa shape index (κ2) is 10.2. The summed E-state index contributed by atoms with van der Waals surface area (Å²) >= 11 is 0. The zero-order valence-corrected chi connectivity index (χ0v) is 18.7. The Morgan fingerprint density at radius 1 is 1.18 bits per heavy atom. The molecule has 0 fully saturated rings. The van der Waals surface area contributed by atoms with Crippen molar-refractivity contribution in [2.75, 3.05) is 12.8 Å². The van der Waals surface area contributed by atoms with Crippen LogP contribution in [-0.4, -0.2) is 45.4 Å². The quantitative estimate of drug-likeness (QED) is 0.538. The van der Waals surface area contributed by atoms with Crippen molar-refractivity contribution in [1.29, 1.82) is 0 Å². The lowest BCUT2D eigenvalue weighted by Gasteiger charge is -2.18. The van der Waals surface area contributed by atoms with Gasteiger partial charge in [-0.05, 0) is 32.2 Å². The molecule has 2 rings (SSSR count). The Kier molecular flexibility index (Phi) is 8.24. The normalized spacial score (nSPS) is 12.4. The first kappa shape index (κ1) is 22.6. The van der Waals surface area contributed by atoms with Crippen LogP contribution in [0.2, 0.25) is 0 Å². The Labute approximate surface area is 169 Å². The van der Waals surface area contributed by atoms with E-state index in [1.54, 1.807) is 10.9 Å². The van der Waals surface area contributed by atoms with Crippen molar-refractivity contribution >= 4 is 9.84 Å². The zero-order valence-electron chi connectivity index (χ0n) is 17.9. The fourth-order valence-electron chi connectivity index (χ4n) is 3.29. The molecule has 0 aliphatic rings. The van der Waals surface area contributed by atoms with E-state index in [9.17, 15) is 8.42 Å². The van der Waals surface area contributed by atoms with E-state index in [0.717, 1.165) is 37.1 Å². The van der Waals surface area contributed by atoms with E-state index in [4.69, 9.17) is 0 Å². The zero-order chi connectivity index (χ0) is 20.7. The van der Waals surface area contributed by atoms with Gasteiger partial charge in [-0.25, -0.2) is 13.4 Å². The fraction of sp³-hybridized carbons (Fsp3) is 0.700. The number of hydrogen-bond acceptors (Lipinski definition) is 5. The highest BCUT2D eigenvalue weighted by Crippen LogP contribution is 2.18. The molecule has 0 aliphatic carbocycles. The molecule has 2 heterocycles. The van der Waals surface area contributed by atoms with E-state index in [1.165, 1.54) is 0 Å². The first-order valence-electron chi connectivity index (χ1n) is 10.2. The lowest BCUT2D eigenvalue weighted by Crippen LogP contribution is -2.21. The van der Waals surface area contributed by atoms with Gasteiger partial charge < -0.3 is 4.57 Å². The number of aryl methyl sites for hydroxylation is 1. The van der Waals surface area contributed by atoms with E-state index in [1.807, 2.05) is 31.1 Å². The van der Waals surface area contributed by atoms with Crippen molar-refractivity contribution in [2.45, 2.75) is 71.2 Å². The average molecular weight is 410 g/mol. The SMILES string of the molecule is CCCCn1c(CN(C)Cc2cnn(C)c2)cnc1S(=O)(=O)CCCC(C)C. The van der Waals surface area contributed by atoms with Crippen molar-refractivity contribution in [1.82, 2.24) is 24.2 Å². The summed E-state index contributed by atoms with van der Waals surface area (Å²) in [7, 11) is 0.564. The summed E-state index contributed by atoms with van der Waals surface area (Å²) in [4.78, 5) is 6.49. The minimum atomic E-state index is -3.37. The first-order chi connectivity index (χ1) is 13.2. The van der Waals surface area contributed by atoms with Gasteiger partial charge in [-0.3, -0.25) is 9.58 Å². The van der Waals surface area contributed by atoms with Gasteiger partial charge in [-0.2, -0.15) is 5.10 Å². The fourth-order valence-corrected chi connectivity index (χ4v) is 4.78. The molecule has 7 nitrogen and oxygen atoms in total. The predicted octanol–water partition coefficient (Wildman–Crippen LogP) is 3.26. The molecule has 0 bridgehead atoms. The van der Waals surface area contributed by atoms with E-state index in [-0.39, 0.29) is 10.9 Å². The molecule has 28 heavy (non-hydrogen) atoms. The molecule has 0 atom stereocenters. The minimum absolute atomic E-state index is 0.166. The lowest BCUT2D eigenvalue weighted by atomic mass is 10.1. The minimum Gasteiger partial charge on any atom is -0.318 e. The molecule has 0 N–H and O–H groups in total. The molecule has 0 saturated carbocycles. The molecular formula is C20H35N5O2S. The molecule has 0 aromatic carbocycles. The monoisotopic (exact) mass is 409 g/mol. The van der Waals surface area contributed by atoms with Gasteiger partial charge in [0.05, 0.1) is 23.8 Å². The van der Waals surface area contributed by atoms with Gasteiger partial charge in [-0.1, -0.05) is 27.2 Å². The van der Waals surface area contributed by atoms with Gasteiger partial charge in [-0.15, -0.1) is 0 Å². The average Bonchev–Trinajstić information content (AvgIpc) is 3.18. The maximum Gasteiger partial charge on any atom is 0.227 e. The Bertz CT molecular complexity index is 839. The third-order valence-corrected chi connectivity index (χ3v) is 6.46. The molecule has 0 aliphatic heterocycles. The van der Waals surface area contributed by atoms with Crippen molar-refractivity contribution < 1.29 is 8.42 Å². The topological polar surface area (TPSA) is 73.0 Å². The second-order valence-corrected chi connectivity index (χ2v) is 10.1. The van der Waals surface area contributed by atoms with Gasteiger partial charge in [0.1, 0.15) is 0 Å². The van der Waals surface area contributed by atoms with Gasteiger partial charge in [0.25, 0.3) is 0 Å². The molecule has 0 unspecified atom stereocenters. The number of unbranched alkanes of at least 4 members (excludes halogenated alkanes) is 1. The number of sulfone groups is 1. The van der Waals surface area contributed by atoms with Crippen molar-refractivity contribution in [3.05, 3.63) is 29.8 Å². The smallest absolute Gasteiger partial charge is 0.227 e. The van der Waals surface area contributed by atoms with Crippen LogP contribution in [0.25, 0.3) is 0 Å². The molecule has 2 aromatic heterocycles. The Balaban J connectivity index is 2.15. The maximum atomic E-state index is 12.9. The van der Waals surface area contributed by atoms with E-state index in [2.05, 4.69) is 35.8 Å². The van der Waals surface area contributed by atoms with Crippen LogP contribution in [0.4, 0.5) is 0 Å². The van der Waals surface area contributed by atoms with Crippen molar-refractivity contribution in [3.8, 4) is 0 Å². The second-order valence-electron chi connectivity index (χ2n) is 8.09. The van der Waals surface area contributed by atoms with Crippen LogP contribution < -0.4 is 0 Å². The summed E-state index contributed by atoms with van der Waals surface area (Å²) in [5.41, 5.74) is 2.08. The van der Waals surface area contributed by atoms with E-state index >= 15 is 0 Å². The van der Waals surface area contributed by atoms with Crippen LogP contribution in [0.3, 0.4) is 0 Å². The number of nitrogens with zero attached hydrogens (tertiary/aromatic N) is 5.